The molecule has 146 valence electrons. The molecule has 0 radical (unpaired) electrons. The minimum absolute atomic E-state index is 0.340. The minimum Gasteiger partial charge on any atom is -0.478 e. The molecule has 7 N–H and O–H groups in total. The van der Waals surface area contributed by atoms with Crippen LogP contribution in [-0.4, -0.2) is 11.1 Å². The number of aryl methyl sites for hydroxylation is 3. The molecule has 0 unspecified atom stereocenters. The van der Waals surface area contributed by atoms with Crippen molar-refractivity contribution in [2.75, 3.05) is 17.2 Å². The number of aromatic carboxylic acids is 1. The third-order valence-corrected chi connectivity index (χ3v) is 4.40. The Morgan fingerprint density at radius 1 is 0.750 bits per heavy atom. The maximum Gasteiger partial charge on any atom is 0.335 e. The van der Waals surface area contributed by atoms with Crippen molar-refractivity contribution in [1.82, 2.24) is 0 Å². The highest BCUT2D eigenvalue weighted by molar-refractivity contribution is 5.89. The predicted octanol–water partition coefficient (Wildman–Crippen LogP) is 4.17. The largest absolute Gasteiger partial charge is 0.478 e. The van der Waals surface area contributed by atoms with E-state index in [0.717, 1.165) is 29.8 Å². The molecular weight excluding hydrogens is 350 g/mol. The van der Waals surface area contributed by atoms with Gasteiger partial charge < -0.3 is 22.3 Å². The van der Waals surface area contributed by atoms with Crippen molar-refractivity contribution in [1.29, 1.82) is 0 Å². The van der Waals surface area contributed by atoms with Crippen LogP contribution in [0.2, 0.25) is 0 Å². The fraction of sp³-hybridized carbons (Fsp3) is 0.174. The molecule has 0 bridgehead atoms. The number of rotatable bonds is 5. The fourth-order valence-corrected chi connectivity index (χ4v) is 2.77. The molecule has 3 aromatic rings. The van der Waals surface area contributed by atoms with Gasteiger partial charge in [-0.25, -0.2) is 4.79 Å². The quantitative estimate of drug-likeness (QED) is 0.498. The van der Waals surface area contributed by atoms with Crippen LogP contribution in [0.25, 0.3) is 0 Å². The van der Waals surface area contributed by atoms with Crippen molar-refractivity contribution in [3.8, 4) is 0 Å². The van der Waals surface area contributed by atoms with E-state index in [1.165, 1.54) is 17.2 Å². The van der Waals surface area contributed by atoms with Crippen LogP contribution >= 0.6 is 0 Å². The van der Waals surface area contributed by atoms with E-state index in [9.17, 15) is 4.79 Å². The lowest BCUT2D eigenvalue weighted by molar-refractivity contribution is 0.0696. The van der Waals surface area contributed by atoms with Crippen LogP contribution < -0.4 is 17.2 Å². The van der Waals surface area contributed by atoms with E-state index in [-0.39, 0.29) is 0 Å². The van der Waals surface area contributed by atoms with Crippen LogP contribution in [0.15, 0.2) is 66.7 Å². The summed E-state index contributed by atoms with van der Waals surface area (Å²) >= 11 is 0. The molecule has 5 nitrogen and oxygen atoms in total. The lowest BCUT2D eigenvalue weighted by atomic mass is 10.0. The first-order chi connectivity index (χ1) is 13.4. The zero-order valence-electron chi connectivity index (χ0n) is 16.1. The molecule has 0 aliphatic heterocycles. The number of carboxylic acids is 1. The van der Waals surface area contributed by atoms with Gasteiger partial charge in [0.1, 0.15) is 0 Å². The minimum atomic E-state index is -0.896. The van der Waals surface area contributed by atoms with Gasteiger partial charge >= 0.3 is 5.97 Å². The van der Waals surface area contributed by atoms with Crippen molar-refractivity contribution in [3.63, 3.8) is 0 Å². The van der Waals surface area contributed by atoms with Crippen LogP contribution in [0.1, 0.15) is 34.0 Å². The molecule has 3 aromatic carbocycles. The van der Waals surface area contributed by atoms with E-state index in [0.29, 0.717) is 17.7 Å². The van der Waals surface area contributed by atoms with E-state index >= 15 is 0 Å². The van der Waals surface area contributed by atoms with Crippen LogP contribution in [0.5, 0.6) is 0 Å². The van der Waals surface area contributed by atoms with Gasteiger partial charge in [-0.15, -0.1) is 0 Å². The normalized spacial score (nSPS) is 10.0. The van der Waals surface area contributed by atoms with Gasteiger partial charge in [-0.2, -0.15) is 0 Å². The Kier molecular flexibility index (Phi) is 7.45. The molecule has 28 heavy (non-hydrogen) atoms. The van der Waals surface area contributed by atoms with Gasteiger partial charge in [-0.05, 0) is 78.4 Å². The second-order valence-corrected chi connectivity index (χ2v) is 6.56. The summed E-state index contributed by atoms with van der Waals surface area (Å²) in [6.45, 7) is 1.90. The summed E-state index contributed by atoms with van der Waals surface area (Å²) in [5, 5.41) is 8.75. The average Bonchev–Trinajstić information content (AvgIpc) is 2.69. The molecular formula is C23H27N3O2. The number of hydrogen-bond acceptors (Lipinski definition) is 4. The highest BCUT2D eigenvalue weighted by Gasteiger charge is 2.07. The Morgan fingerprint density at radius 3 is 1.57 bits per heavy atom. The van der Waals surface area contributed by atoms with E-state index in [1.807, 2.05) is 31.2 Å². The Hall–Kier alpha value is -3.47. The van der Waals surface area contributed by atoms with Crippen molar-refractivity contribution in [3.05, 3.63) is 89.0 Å². The second-order valence-electron chi connectivity index (χ2n) is 6.56. The number of hydrogen-bond donors (Lipinski definition) is 4. The van der Waals surface area contributed by atoms with E-state index in [4.69, 9.17) is 22.3 Å². The lowest BCUT2D eigenvalue weighted by Crippen LogP contribution is -2.02. The molecule has 0 spiro atoms. The highest BCUT2D eigenvalue weighted by Crippen LogP contribution is 2.14. The standard InChI is InChI=1S/C14H16N2.C9H11NO2/c15-13-7-3-11(4-8-13)1-2-12-5-9-14(16)10-6-12;1-2-6-5-7(10)3-4-8(6)9(11)12/h3-10H,1-2,15-16H2;3-5H,2,10H2,1H3,(H,11,12). The molecule has 0 saturated heterocycles. The molecule has 0 heterocycles. The van der Waals surface area contributed by atoms with Gasteiger partial charge in [0.15, 0.2) is 0 Å². The first-order valence-electron chi connectivity index (χ1n) is 9.19. The first kappa shape index (κ1) is 20.8. The van der Waals surface area contributed by atoms with Crippen LogP contribution in [0, 0.1) is 0 Å². The molecule has 5 heteroatoms. The molecule has 0 saturated carbocycles. The summed E-state index contributed by atoms with van der Waals surface area (Å²) < 4.78 is 0. The van der Waals surface area contributed by atoms with Crippen molar-refractivity contribution in [2.45, 2.75) is 26.2 Å². The van der Waals surface area contributed by atoms with Gasteiger partial charge in [0.05, 0.1) is 5.56 Å². The van der Waals surface area contributed by atoms with E-state index in [1.54, 1.807) is 12.1 Å². The van der Waals surface area contributed by atoms with E-state index in [2.05, 4.69) is 24.3 Å². The maximum absolute atomic E-state index is 10.7. The number of nitrogens with two attached hydrogens (primary N) is 3. The van der Waals surface area contributed by atoms with Gasteiger partial charge in [0.2, 0.25) is 0 Å². The van der Waals surface area contributed by atoms with Gasteiger partial charge in [0, 0.05) is 17.1 Å². The number of carbonyl (C=O) groups is 1. The third-order valence-electron chi connectivity index (χ3n) is 4.40. The summed E-state index contributed by atoms with van der Waals surface area (Å²) in [7, 11) is 0. The second kappa shape index (κ2) is 10.0. The molecule has 0 aliphatic rings. The van der Waals surface area contributed by atoms with Crippen LogP contribution in [0.3, 0.4) is 0 Å². The number of benzene rings is 3. The van der Waals surface area contributed by atoms with Crippen molar-refractivity contribution in [2.24, 2.45) is 0 Å². The Balaban J connectivity index is 0.000000209. The first-order valence-corrected chi connectivity index (χ1v) is 9.19. The fourth-order valence-electron chi connectivity index (χ4n) is 2.77. The molecule has 0 fully saturated rings. The number of nitrogen functional groups attached to an aromatic ring is 3. The molecule has 0 atom stereocenters. The smallest absolute Gasteiger partial charge is 0.335 e. The Labute approximate surface area is 165 Å². The monoisotopic (exact) mass is 377 g/mol. The average molecular weight is 377 g/mol. The molecule has 0 aliphatic carbocycles. The van der Waals surface area contributed by atoms with Crippen LogP contribution in [-0.2, 0) is 19.3 Å². The number of carboxylic acid groups (broad SMARTS) is 1. The van der Waals surface area contributed by atoms with Gasteiger partial charge in [-0.3, -0.25) is 0 Å². The molecule has 0 amide bonds. The topological polar surface area (TPSA) is 115 Å². The Bertz CT molecular complexity index is 859. The number of anilines is 3. The summed E-state index contributed by atoms with van der Waals surface area (Å²) in [5.74, 6) is -0.896. The third kappa shape index (κ3) is 6.36. The summed E-state index contributed by atoms with van der Waals surface area (Å²) in [6.07, 6.45) is 2.75. The molecule has 3 rings (SSSR count). The molecule has 0 aromatic heterocycles. The maximum atomic E-state index is 10.7. The Morgan fingerprint density at radius 2 is 1.18 bits per heavy atom. The van der Waals surface area contributed by atoms with Crippen LogP contribution in [0.4, 0.5) is 17.1 Å². The van der Waals surface area contributed by atoms with Crippen molar-refractivity contribution >= 4 is 23.0 Å². The highest BCUT2D eigenvalue weighted by atomic mass is 16.4. The van der Waals surface area contributed by atoms with Crippen molar-refractivity contribution < 1.29 is 9.90 Å². The predicted molar refractivity (Wildman–Crippen MR) is 116 cm³/mol. The SMILES string of the molecule is CCc1cc(N)ccc1C(=O)O.Nc1ccc(CCc2ccc(N)cc2)cc1. The summed E-state index contributed by atoms with van der Waals surface area (Å²) in [6, 6.07) is 20.9. The zero-order valence-corrected chi connectivity index (χ0v) is 16.1. The lowest BCUT2D eigenvalue weighted by Gasteiger charge is -2.03. The summed E-state index contributed by atoms with van der Waals surface area (Å²) in [5.41, 5.74) is 22.8. The van der Waals surface area contributed by atoms with E-state index < -0.39 is 5.97 Å². The summed E-state index contributed by atoms with van der Waals surface area (Å²) in [4.78, 5) is 10.7. The van der Waals surface area contributed by atoms with Gasteiger partial charge in [-0.1, -0.05) is 31.2 Å². The zero-order chi connectivity index (χ0) is 20.5. The van der Waals surface area contributed by atoms with Gasteiger partial charge in [0.25, 0.3) is 0 Å².